The molecule has 128 valence electrons. The van der Waals surface area contributed by atoms with E-state index in [0.29, 0.717) is 0 Å². The number of nitrogens with zero attached hydrogens (tertiary/aromatic N) is 1. The largest absolute Gasteiger partial charge is 0.461 e. The molecule has 2 rings (SSSR count). The number of unbranched alkanes of at least 4 members (excludes halogenated alkanes) is 1. The topological polar surface area (TPSA) is 49.6 Å². The quantitative estimate of drug-likeness (QED) is 0.279. The summed E-state index contributed by atoms with van der Waals surface area (Å²) in [5.41, 5.74) is 0.953. The van der Waals surface area contributed by atoms with E-state index >= 15 is 0 Å². The number of para-hydroxylation sites is 1. The average Bonchev–Trinajstić information content (AvgIpc) is 2.95. The number of hydrogen-bond donors (Lipinski definition) is 2. The summed E-state index contributed by atoms with van der Waals surface area (Å²) in [6, 6.07) is 10.2. The normalized spacial score (nSPS) is 11.3. The van der Waals surface area contributed by atoms with Gasteiger partial charge in [-0.05, 0) is 37.0 Å². The number of fused-ring (bicyclic) bond motifs is 1. The molecule has 6 heteroatoms. The van der Waals surface area contributed by atoms with Crippen molar-refractivity contribution in [2.75, 3.05) is 32.1 Å². The maximum atomic E-state index is 5.81. The number of halogens is 1. The van der Waals surface area contributed by atoms with Gasteiger partial charge in [0.25, 0.3) is 0 Å². The number of guanidine groups is 1. The monoisotopic (exact) mass is 447 g/mol. The highest BCUT2D eigenvalue weighted by atomic mass is 127. The number of thioether (sulfide) groups is 1. The molecule has 0 saturated carbocycles. The highest BCUT2D eigenvalue weighted by molar-refractivity contribution is 14.0. The summed E-state index contributed by atoms with van der Waals surface area (Å²) in [7, 11) is 1.80. The molecule has 0 amide bonds. The summed E-state index contributed by atoms with van der Waals surface area (Å²) in [5, 5.41) is 7.83. The molecule has 4 nitrogen and oxygen atoms in total. The third-order valence-electron chi connectivity index (χ3n) is 3.43. The molecule has 1 heterocycles. The van der Waals surface area contributed by atoms with Crippen LogP contribution in [0.15, 0.2) is 39.7 Å². The Kier molecular flexibility index (Phi) is 10.2. The van der Waals surface area contributed by atoms with E-state index in [-0.39, 0.29) is 24.0 Å². The number of furan rings is 1. The molecule has 0 atom stereocenters. The lowest BCUT2D eigenvalue weighted by molar-refractivity contribution is 0.544. The Morgan fingerprint density at radius 2 is 1.96 bits per heavy atom. The van der Waals surface area contributed by atoms with Crippen LogP contribution < -0.4 is 10.6 Å². The first kappa shape index (κ1) is 20.2. The van der Waals surface area contributed by atoms with E-state index in [1.807, 2.05) is 30.0 Å². The average molecular weight is 447 g/mol. The highest BCUT2D eigenvalue weighted by Crippen LogP contribution is 2.18. The molecule has 0 spiro atoms. The van der Waals surface area contributed by atoms with Crippen molar-refractivity contribution in [3.05, 3.63) is 36.1 Å². The third-order valence-corrected chi connectivity index (χ3v) is 4.13. The van der Waals surface area contributed by atoms with Gasteiger partial charge in [0.05, 0.1) is 0 Å². The molecule has 23 heavy (non-hydrogen) atoms. The molecule has 0 aliphatic rings. The van der Waals surface area contributed by atoms with Crippen molar-refractivity contribution < 1.29 is 4.42 Å². The standard InChI is InChI=1S/C17H25N3OS.HI/c1-18-17(19-10-5-6-12-22-2)20-11-9-15-13-14-7-3-4-8-16(14)21-15;/h3-4,7-8,13H,5-6,9-12H2,1-2H3,(H2,18,19,20);1H. The summed E-state index contributed by atoms with van der Waals surface area (Å²) in [6.07, 6.45) is 5.41. The van der Waals surface area contributed by atoms with Gasteiger partial charge in [-0.2, -0.15) is 11.8 Å². The molecule has 2 N–H and O–H groups in total. The van der Waals surface area contributed by atoms with Crippen molar-refractivity contribution in [1.29, 1.82) is 0 Å². The zero-order valence-corrected chi connectivity index (χ0v) is 16.9. The van der Waals surface area contributed by atoms with Gasteiger partial charge >= 0.3 is 0 Å². The minimum Gasteiger partial charge on any atom is -0.461 e. The van der Waals surface area contributed by atoms with Gasteiger partial charge in [-0.15, -0.1) is 24.0 Å². The Balaban J connectivity index is 0.00000264. The fraction of sp³-hybridized carbons (Fsp3) is 0.471. The van der Waals surface area contributed by atoms with Crippen LogP contribution in [0.3, 0.4) is 0 Å². The number of benzene rings is 1. The van der Waals surface area contributed by atoms with Crippen LogP contribution in [0.4, 0.5) is 0 Å². The molecule has 0 fully saturated rings. The van der Waals surface area contributed by atoms with E-state index < -0.39 is 0 Å². The van der Waals surface area contributed by atoms with Crippen LogP contribution >= 0.6 is 35.7 Å². The molecule has 0 bridgehead atoms. The molecule has 0 aliphatic carbocycles. The maximum Gasteiger partial charge on any atom is 0.190 e. The van der Waals surface area contributed by atoms with E-state index in [4.69, 9.17) is 4.42 Å². The molecule has 1 aromatic heterocycles. The van der Waals surface area contributed by atoms with Crippen LogP contribution in [-0.2, 0) is 6.42 Å². The summed E-state index contributed by atoms with van der Waals surface area (Å²) in [4.78, 5) is 4.24. The fourth-order valence-electron chi connectivity index (χ4n) is 2.26. The predicted octanol–water partition coefficient (Wildman–Crippen LogP) is 3.90. The first-order valence-electron chi connectivity index (χ1n) is 7.74. The van der Waals surface area contributed by atoms with Crippen LogP contribution in [0.5, 0.6) is 0 Å². The lowest BCUT2D eigenvalue weighted by Crippen LogP contribution is -2.38. The Hall–Kier alpha value is -0.890. The smallest absolute Gasteiger partial charge is 0.190 e. The van der Waals surface area contributed by atoms with Gasteiger partial charge in [-0.1, -0.05) is 18.2 Å². The number of aliphatic imine (C=N–C) groups is 1. The van der Waals surface area contributed by atoms with E-state index in [1.54, 1.807) is 7.05 Å². The number of hydrogen-bond acceptors (Lipinski definition) is 3. The number of nitrogens with one attached hydrogen (secondary N) is 2. The Bertz CT molecular complexity index is 567. The molecular formula is C17H26IN3OS. The zero-order valence-electron chi connectivity index (χ0n) is 13.8. The lowest BCUT2D eigenvalue weighted by atomic mass is 10.2. The zero-order chi connectivity index (χ0) is 15.6. The first-order valence-corrected chi connectivity index (χ1v) is 9.14. The maximum absolute atomic E-state index is 5.81. The highest BCUT2D eigenvalue weighted by Gasteiger charge is 2.03. The molecule has 2 aromatic rings. The lowest BCUT2D eigenvalue weighted by Gasteiger charge is -2.11. The van der Waals surface area contributed by atoms with Gasteiger partial charge in [-0.3, -0.25) is 4.99 Å². The summed E-state index contributed by atoms with van der Waals surface area (Å²) >= 11 is 1.90. The van der Waals surface area contributed by atoms with Crippen molar-refractivity contribution in [3.63, 3.8) is 0 Å². The first-order chi connectivity index (χ1) is 10.8. The van der Waals surface area contributed by atoms with E-state index in [1.165, 1.54) is 18.6 Å². The Morgan fingerprint density at radius 3 is 2.70 bits per heavy atom. The van der Waals surface area contributed by atoms with Crippen molar-refractivity contribution in [3.8, 4) is 0 Å². The van der Waals surface area contributed by atoms with Gasteiger partial charge in [0.2, 0.25) is 0 Å². The van der Waals surface area contributed by atoms with Crippen LogP contribution in [0.2, 0.25) is 0 Å². The predicted molar refractivity (Wildman–Crippen MR) is 112 cm³/mol. The minimum atomic E-state index is 0. The van der Waals surface area contributed by atoms with Crippen molar-refractivity contribution in [2.45, 2.75) is 19.3 Å². The molecule has 0 radical (unpaired) electrons. The summed E-state index contributed by atoms with van der Waals surface area (Å²) in [6.45, 7) is 1.77. The van der Waals surface area contributed by atoms with E-state index in [9.17, 15) is 0 Å². The van der Waals surface area contributed by atoms with Gasteiger partial charge in [0.1, 0.15) is 11.3 Å². The van der Waals surface area contributed by atoms with Crippen LogP contribution in [-0.4, -0.2) is 38.1 Å². The Morgan fingerprint density at radius 1 is 1.17 bits per heavy atom. The van der Waals surface area contributed by atoms with Gasteiger partial charge in [0.15, 0.2) is 5.96 Å². The second-order valence-corrected chi connectivity index (χ2v) is 6.11. The molecular weight excluding hydrogens is 421 g/mol. The van der Waals surface area contributed by atoms with Crippen LogP contribution in [0.1, 0.15) is 18.6 Å². The minimum absolute atomic E-state index is 0. The van der Waals surface area contributed by atoms with Crippen molar-refractivity contribution in [2.24, 2.45) is 4.99 Å². The molecule has 0 saturated heterocycles. The summed E-state index contributed by atoms with van der Waals surface area (Å²) < 4.78 is 5.81. The van der Waals surface area contributed by atoms with Gasteiger partial charge in [0, 0.05) is 31.9 Å². The third kappa shape index (κ3) is 7.03. The Labute approximate surface area is 159 Å². The summed E-state index contributed by atoms with van der Waals surface area (Å²) in [5.74, 6) is 3.09. The van der Waals surface area contributed by atoms with Crippen LogP contribution in [0.25, 0.3) is 11.0 Å². The second kappa shape index (κ2) is 11.6. The fourth-order valence-corrected chi connectivity index (χ4v) is 2.76. The van der Waals surface area contributed by atoms with Gasteiger partial charge in [-0.25, -0.2) is 0 Å². The molecule has 0 aliphatic heterocycles. The molecule has 0 unspecified atom stereocenters. The van der Waals surface area contributed by atoms with Gasteiger partial charge < -0.3 is 15.1 Å². The van der Waals surface area contributed by atoms with Crippen molar-refractivity contribution >= 4 is 52.7 Å². The second-order valence-electron chi connectivity index (χ2n) is 5.13. The van der Waals surface area contributed by atoms with Crippen molar-refractivity contribution in [1.82, 2.24) is 10.6 Å². The number of rotatable bonds is 8. The van der Waals surface area contributed by atoms with Crippen LogP contribution in [0, 0.1) is 0 Å². The van der Waals surface area contributed by atoms with E-state index in [0.717, 1.165) is 42.2 Å². The van der Waals surface area contributed by atoms with E-state index in [2.05, 4.69) is 34.0 Å². The molecule has 1 aromatic carbocycles. The SMILES string of the molecule is CN=C(NCCCCSC)NCCc1cc2ccccc2o1.I.